The van der Waals surface area contributed by atoms with Crippen molar-refractivity contribution in [2.75, 3.05) is 13.2 Å². The summed E-state index contributed by atoms with van der Waals surface area (Å²) in [6, 6.07) is 9.52. The van der Waals surface area contributed by atoms with Gasteiger partial charge >= 0.3 is 5.97 Å². The van der Waals surface area contributed by atoms with Crippen LogP contribution in [0.5, 0.6) is 5.75 Å². The van der Waals surface area contributed by atoms with Gasteiger partial charge < -0.3 is 9.47 Å². The fraction of sp³-hybridized carbons (Fsp3) is 0.235. The van der Waals surface area contributed by atoms with E-state index in [9.17, 15) is 13.2 Å². The lowest BCUT2D eigenvalue weighted by atomic mass is 10.1. The monoisotopic (exact) mass is 383 g/mol. The van der Waals surface area contributed by atoms with Gasteiger partial charge in [0.1, 0.15) is 23.9 Å². The third-order valence-electron chi connectivity index (χ3n) is 3.25. The summed E-state index contributed by atoms with van der Waals surface area (Å²) in [5.74, 6) is 0.00198. The van der Waals surface area contributed by atoms with Crippen molar-refractivity contribution in [3.63, 3.8) is 0 Å². The van der Waals surface area contributed by atoms with E-state index in [1.54, 1.807) is 0 Å². The van der Waals surface area contributed by atoms with Gasteiger partial charge in [-0.15, -0.1) is 0 Å². The molecule has 6 nitrogen and oxygen atoms in total. The summed E-state index contributed by atoms with van der Waals surface area (Å²) in [5, 5.41) is 4.99. The minimum absolute atomic E-state index is 0.0131. The zero-order chi connectivity index (χ0) is 18.6. The Balaban J connectivity index is 1.94. The number of primary sulfonamides is 1. The van der Waals surface area contributed by atoms with Gasteiger partial charge in [-0.25, -0.2) is 18.4 Å². The fourth-order valence-electron chi connectivity index (χ4n) is 2.24. The molecule has 0 fully saturated rings. The molecule has 2 aromatic rings. The Bertz CT molecular complexity index is 876. The van der Waals surface area contributed by atoms with Crippen LogP contribution >= 0.6 is 11.6 Å². The zero-order valence-electron chi connectivity index (χ0n) is 13.8. The van der Waals surface area contributed by atoms with Gasteiger partial charge in [-0.2, -0.15) is 0 Å². The van der Waals surface area contributed by atoms with Crippen molar-refractivity contribution in [1.82, 2.24) is 0 Å². The maximum Gasteiger partial charge on any atom is 0.338 e. The summed E-state index contributed by atoms with van der Waals surface area (Å²) in [5.41, 5.74) is 2.19. The molecule has 134 valence electrons. The van der Waals surface area contributed by atoms with Crippen molar-refractivity contribution >= 4 is 27.6 Å². The highest BCUT2D eigenvalue weighted by molar-refractivity contribution is 7.89. The van der Waals surface area contributed by atoms with E-state index in [1.807, 2.05) is 32.0 Å². The van der Waals surface area contributed by atoms with Crippen molar-refractivity contribution in [2.45, 2.75) is 18.7 Å². The number of benzene rings is 2. The highest BCUT2D eigenvalue weighted by Crippen LogP contribution is 2.22. The lowest BCUT2D eigenvalue weighted by molar-refractivity contribution is 0.0450. The van der Waals surface area contributed by atoms with Gasteiger partial charge in [0.15, 0.2) is 0 Å². The molecule has 8 heteroatoms. The van der Waals surface area contributed by atoms with Crippen LogP contribution in [-0.4, -0.2) is 27.6 Å². The molecule has 0 bridgehead atoms. The van der Waals surface area contributed by atoms with Crippen LogP contribution in [0.1, 0.15) is 21.5 Å². The van der Waals surface area contributed by atoms with Crippen molar-refractivity contribution in [3.8, 4) is 5.75 Å². The van der Waals surface area contributed by atoms with Crippen LogP contribution in [0.15, 0.2) is 41.3 Å². The molecule has 0 radical (unpaired) electrons. The summed E-state index contributed by atoms with van der Waals surface area (Å²) < 4.78 is 33.5. The Morgan fingerprint density at radius 3 is 2.32 bits per heavy atom. The van der Waals surface area contributed by atoms with Gasteiger partial charge in [0.25, 0.3) is 0 Å². The van der Waals surface area contributed by atoms with E-state index in [4.69, 9.17) is 26.2 Å². The van der Waals surface area contributed by atoms with Gasteiger partial charge in [0.05, 0.1) is 10.6 Å². The number of ether oxygens (including phenoxy) is 2. The van der Waals surface area contributed by atoms with Gasteiger partial charge in [-0.3, -0.25) is 0 Å². The van der Waals surface area contributed by atoms with E-state index >= 15 is 0 Å². The molecule has 0 aliphatic carbocycles. The number of hydrogen-bond donors (Lipinski definition) is 1. The molecule has 0 aromatic heterocycles. The largest absolute Gasteiger partial charge is 0.490 e. The maximum atomic E-state index is 12.0. The average molecular weight is 384 g/mol. The molecule has 0 heterocycles. The zero-order valence-corrected chi connectivity index (χ0v) is 15.4. The van der Waals surface area contributed by atoms with Gasteiger partial charge in [0, 0.05) is 0 Å². The number of halogens is 1. The first-order chi connectivity index (χ1) is 11.7. The van der Waals surface area contributed by atoms with E-state index in [2.05, 4.69) is 0 Å². The normalized spacial score (nSPS) is 11.2. The van der Waals surface area contributed by atoms with Crippen LogP contribution in [0.25, 0.3) is 0 Å². The van der Waals surface area contributed by atoms with Crippen molar-refractivity contribution < 1.29 is 22.7 Å². The molecular weight excluding hydrogens is 366 g/mol. The van der Waals surface area contributed by atoms with Gasteiger partial charge in [-0.1, -0.05) is 17.7 Å². The molecule has 2 rings (SSSR count). The molecule has 0 unspecified atom stereocenters. The van der Waals surface area contributed by atoms with Crippen LogP contribution < -0.4 is 9.88 Å². The van der Waals surface area contributed by atoms with Crippen molar-refractivity contribution in [3.05, 3.63) is 58.1 Å². The second-order valence-corrected chi connectivity index (χ2v) is 7.44. The van der Waals surface area contributed by atoms with E-state index in [-0.39, 0.29) is 28.7 Å². The summed E-state index contributed by atoms with van der Waals surface area (Å²) in [6.45, 7) is 4.11. The molecule has 0 spiro atoms. The van der Waals surface area contributed by atoms with E-state index in [1.165, 1.54) is 12.1 Å². The van der Waals surface area contributed by atoms with E-state index in [0.29, 0.717) is 5.75 Å². The molecule has 0 aliphatic rings. The predicted molar refractivity (Wildman–Crippen MR) is 94.5 cm³/mol. The smallest absolute Gasteiger partial charge is 0.338 e. The Hall–Kier alpha value is -2.09. The molecular formula is C17H18ClNO5S. The number of rotatable bonds is 6. The number of hydrogen-bond acceptors (Lipinski definition) is 5. The first-order valence-corrected chi connectivity index (χ1v) is 9.30. The third-order valence-corrected chi connectivity index (χ3v) is 4.65. The third kappa shape index (κ3) is 5.45. The van der Waals surface area contributed by atoms with Gasteiger partial charge in [-0.05, 0) is 55.3 Å². The lowest BCUT2D eigenvalue weighted by Crippen LogP contribution is -2.15. The quantitative estimate of drug-likeness (QED) is 0.611. The molecule has 0 atom stereocenters. The Morgan fingerprint density at radius 2 is 1.72 bits per heavy atom. The fourth-order valence-corrected chi connectivity index (χ4v) is 3.31. The number of carbonyl (C=O) groups is 1. The van der Waals surface area contributed by atoms with Crippen LogP contribution in [0, 0.1) is 13.8 Å². The second-order valence-electron chi connectivity index (χ2n) is 5.50. The number of aryl methyl sites for hydroxylation is 2. The molecule has 0 saturated carbocycles. The summed E-state index contributed by atoms with van der Waals surface area (Å²) in [6.07, 6.45) is 0. The highest BCUT2D eigenvalue weighted by atomic mass is 35.5. The highest BCUT2D eigenvalue weighted by Gasteiger charge is 2.17. The Kier molecular flexibility index (Phi) is 6.05. The molecule has 0 saturated heterocycles. The topological polar surface area (TPSA) is 95.7 Å². The molecule has 0 amide bonds. The minimum Gasteiger partial charge on any atom is -0.490 e. The summed E-state index contributed by atoms with van der Waals surface area (Å²) in [7, 11) is -4.02. The first-order valence-electron chi connectivity index (χ1n) is 7.37. The molecule has 2 N–H and O–H groups in total. The Morgan fingerprint density at radius 1 is 1.08 bits per heavy atom. The SMILES string of the molecule is Cc1cc(C)cc(OCCOC(=O)c2ccc(Cl)c(S(N)(=O)=O)c2)c1. The second kappa shape index (κ2) is 7.86. The number of esters is 1. The number of nitrogens with two attached hydrogens (primary N) is 1. The lowest BCUT2D eigenvalue weighted by Gasteiger charge is -2.10. The molecule has 2 aromatic carbocycles. The number of carbonyl (C=O) groups excluding carboxylic acids is 1. The molecule has 0 aliphatic heterocycles. The maximum absolute atomic E-state index is 12.0. The van der Waals surface area contributed by atoms with Gasteiger partial charge in [0.2, 0.25) is 10.0 Å². The van der Waals surface area contributed by atoms with E-state index in [0.717, 1.165) is 17.2 Å². The van der Waals surface area contributed by atoms with Crippen LogP contribution in [0.2, 0.25) is 5.02 Å². The Labute approximate surface area is 151 Å². The van der Waals surface area contributed by atoms with Crippen molar-refractivity contribution in [1.29, 1.82) is 0 Å². The van der Waals surface area contributed by atoms with E-state index < -0.39 is 16.0 Å². The summed E-state index contributed by atoms with van der Waals surface area (Å²) in [4.78, 5) is 11.7. The van der Waals surface area contributed by atoms with Crippen molar-refractivity contribution in [2.24, 2.45) is 5.14 Å². The summed E-state index contributed by atoms with van der Waals surface area (Å²) >= 11 is 5.77. The van der Waals surface area contributed by atoms with Crippen LogP contribution in [0.3, 0.4) is 0 Å². The average Bonchev–Trinajstić information content (AvgIpc) is 2.49. The standard InChI is InChI=1S/C17H18ClNO5S/c1-11-7-12(2)9-14(8-11)23-5-6-24-17(20)13-3-4-15(18)16(10-13)25(19,21)22/h3-4,7-10H,5-6H2,1-2H3,(H2,19,21,22). The molecule has 25 heavy (non-hydrogen) atoms. The van der Waals surface area contributed by atoms with Crippen LogP contribution in [0.4, 0.5) is 0 Å². The first kappa shape index (κ1) is 19.2. The predicted octanol–water partition coefficient (Wildman–Crippen LogP) is 2.84. The minimum atomic E-state index is -4.02. The number of sulfonamides is 1. The van der Waals surface area contributed by atoms with Crippen LogP contribution in [-0.2, 0) is 14.8 Å².